The van der Waals surface area contributed by atoms with Crippen LogP contribution in [0.3, 0.4) is 0 Å². The minimum atomic E-state index is 0.522. The standard InChI is InChI=1S/C18H35NO/c1-5-18(2,3)14-6-8-15(9-7-14)19-16-10-12-17(20-4)13-11-16/h14-17,19H,5-13H2,1-4H3. The fourth-order valence-corrected chi connectivity index (χ4v) is 4.13. The lowest BCUT2D eigenvalue weighted by molar-refractivity contribution is 0.0585. The van der Waals surface area contributed by atoms with E-state index in [0.717, 1.165) is 18.0 Å². The van der Waals surface area contributed by atoms with E-state index in [1.807, 2.05) is 7.11 Å². The van der Waals surface area contributed by atoms with Crippen molar-refractivity contribution >= 4 is 0 Å². The smallest absolute Gasteiger partial charge is 0.0572 e. The Morgan fingerprint density at radius 1 is 0.900 bits per heavy atom. The van der Waals surface area contributed by atoms with Gasteiger partial charge in [0.1, 0.15) is 0 Å². The van der Waals surface area contributed by atoms with Crippen molar-refractivity contribution in [3.05, 3.63) is 0 Å². The van der Waals surface area contributed by atoms with Gasteiger partial charge in [-0.2, -0.15) is 0 Å². The molecule has 1 N–H and O–H groups in total. The zero-order valence-corrected chi connectivity index (χ0v) is 14.1. The van der Waals surface area contributed by atoms with Crippen molar-refractivity contribution in [2.24, 2.45) is 11.3 Å². The Labute approximate surface area is 126 Å². The van der Waals surface area contributed by atoms with Crippen LogP contribution >= 0.6 is 0 Å². The van der Waals surface area contributed by atoms with Crippen LogP contribution in [0.25, 0.3) is 0 Å². The predicted octanol–water partition coefficient (Wildman–Crippen LogP) is 4.53. The molecule has 2 aliphatic carbocycles. The van der Waals surface area contributed by atoms with E-state index < -0.39 is 0 Å². The molecule has 2 saturated carbocycles. The third kappa shape index (κ3) is 4.21. The Morgan fingerprint density at radius 3 is 1.85 bits per heavy atom. The molecule has 0 radical (unpaired) electrons. The molecule has 2 aliphatic rings. The summed E-state index contributed by atoms with van der Waals surface area (Å²) in [5, 5.41) is 3.94. The minimum Gasteiger partial charge on any atom is -0.381 e. The number of ether oxygens (including phenoxy) is 1. The summed E-state index contributed by atoms with van der Waals surface area (Å²) in [6.45, 7) is 7.26. The maximum atomic E-state index is 5.47. The summed E-state index contributed by atoms with van der Waals surface area (Å²) in [4.78, 5) is 0. The summed E-state index contributed by atoms with van der Waals surface area (Å²) in [5.74, 6) is 0.940. The minimum absolute atomic E-state index is 0.522. The molecule has 118 valence electrons. The first-order valence-electron chi connectivity index (χ1n) is 8.84. The highest BCUT2D eigenvalue weighted by atomic mass is 16.5. The van der Waals surface area contributed by atoms with E-state index in [9.17, 15) is 0 Å². The first-order valence-corrected chi connectivity index (χ1v) is 8.84. The number of hydrogen-bond acceptors (Lipinski definition) is 2. The van der Waals surface area contributed by atoms with Gasteiger partial charge in [0.25, 0.3) is 0 Å². The van der Waals surface area contributed by atoms with Gasteiger partial charge in [0.05, 0.1) is 6.10 Å². The third-order valence-corrected chi connectivity index (χ3v) is 6.22. The quantitative estimate of drug-likeness (QED) is 0.799. The summed E-state index contributed by atoms with van der Waals surface area (Å²) >= 11 is 0. The highest BCUT2D eigenvalue weighted by Gasteiger charge is 2.32. The third-order valence-electron chi connectivity index (χ3n) is 6.22. The molecule has 0 unspecified atom stereocenters. The lowest BCUT2D eigenvalue weighted by Crippen LogP contribution is -2.44. The van der Waals surface area contributed by atoms with Crippen molar-refractivity contribution in [2.45, 2.75) is 96.7 Å². The highest BCUT2D eigenvalue weighted by Crippen LogP contribution is 2.40. The average Bonchev–Trinajstić information content (AvgIpc) is 2.48. The monoisotopic (exact) mass is 281 g/mol. The molecule has 2 rings (SSSR count). The molecular weight excluding hydrogens is 246 g/mol. The topological polar surface area (TPSA) is 21.3 Å². The van der Waals surface area contributed by atoms with Crippen LogP contribution in [0.4, 0.5) is 0 Å². The SMILES string of the molecule is CCC(C)(C)C1CCC(NC2CCC(OC)CC2)CC1. The van der Waals surface area contributed by atoms with Crippen LogP contribution in [-0.4, -0.2) is 25.3 Å². The molecule has 0 spiro atoms. The molecule has 0 aromatic heterocycles. The van der Waals surface area contributed by atoms with Crippen LogP contribution < -0.4 is 5.32 Å². The van der Waals surface area contributed by atoms with Gasteiger partial charge in [-0.15, -0.1) is 0 Å². The fraction of sp³-hybridized carbons (Fsp3) is 1.00. The van der Waals surface area contributed by atoms with Gasteiger partial charge in [-0.25, -0.2) is 0 Å². The van der Waals surface area contributed by atoms with Gasteiger partial charge in [-0.3, -0.25) is 0 Å². The number of hydrogen-bond donors (Lipinski definition) is 1. The lowest BCUT2D eigenvalue weighted by Gasteiger charge is -2.40. The van der Waals surface area contributed by atoms with E-state index in [1.54, 1.807) is 0 Å². The normalized spacial score (nSPS) is 36.0. The summed E-state index contributed by atoms with van der Waals surface area (Å²) in [5.41, 5.74) is 0.543. The van der Waals surface area contributed by atoms with Crippen LogP contribution in [-0.2, 0) is 4.74 Å². The fourth-order valence-electron chi connectivity index (χ4n) is 4.13. The lowest BCUT2D eigenvalue weighted by atomic mass is 9.69. The van der Waals surface area contributed by atoms with Crippen LogP contribution in [0.1, 0.15) is 78.6 Å². The summed E-state index contributed by atoms with van der Waals surface area (Å²) in [6.07, 6.45) is 12.6. The number of rotatable bonds is 5. The van der Waals surface area contributed by atoms with E-state index in [-0.39, 0.29) is 0 Å². The van der Waals surface area contributed by atoms with Crippen molar-refractivity contribution in [3.8, 4) is 0 Å². The van der Waals surface area contributed by atoms with E-state index in [1.165, 1.54) is 57.8 Å². The first-order chi connectivity index (χ1) is 9.55. The van der Waals surface area contributed by atoms with E-state index in [2.05, 4.69) is 26.1 Å². The maximum Gasteiger partial charge on any atom is 0.0572 e. The van der Waals surface area contributed by atoms with Gasteiger partial charge in [-0.1, -0.05) is 27.2 Å². The van der Waals surface area contributed by atoms with Gasteiger partial charge < -0.3 is 10.1 Å². The summed E-state index contributed by atoms with van der Waals surface area (Å²) < 4.78 is 5.47. The molecule has 0 amide bonds. The molecule has 0 saturated heterocycles. The second-order valence-electron chi connectivity index (χ2n) is 7.77. The van der Waals surface area contributed by atoms with Crippen LogP contribution in [0, 0.1) is 11.3 Å². The molecule has 0 aliphatic heterocycles. The van der Waals surface area contributed by atoms with Gasteiger partial charge in [0, 0.05) is 19.2 Å². The average molecular weight is 281 g/mol. The highest BCUT2D eigenvalue weighted by molar-refractivity contribution is 4.87. The van der Waals surface area contributed by atoms with Crippen molar-refractivity contribution in [3.63, 3.8) is 0 Å². The zero-order chi connectivity index (χ0) is 14.6. The number of methoxy groups -OCH3 is 1. The summed E-state index contributed by atoms with van der Waals surface area (Å²) in [6, 6.07) is 1.53. The Morgan fingerprint density at radius 2 is 1.40 bits per heavy atom. The molecule has 2 fully saturated rings. The Balaban J connectivity index is 1.70. The molecule has 2 heteroatoms. The Bertz CT molecular complexity index is 273. The Kier molecular flexibility index (Phi) is 5.92. The molecule has 2 nitrogen and oxygen atoms in total. The predicted molar refractivity (Wildman–Crippen MR) is 86.0 cm³/mol. The molecule has 20 heavy (non-hydrogen) atoms. The second kappa shape index (κ2) is 7.26. The zero-order valence-electron chi connectivity index (χ0n) is 14.1. The van der Waals surface area contributed by atoms with E-state index in [4.69, 9.17) is 4.74 Å². The van der Waals surface area contributed by atoms with Crippen molar-refractivity contribution in [1.82, 2.24) is 5.32 Å². The molecule has 0 heterocycles. The van der Waals surface area contributed by atoms with Gasteiger partial charge in [0.2, 0.25) is 0 Å². The molecular formula is C18H35NO. The number of nitrogens with one attached hydrogen (secondary N) is 1. The molecule has 0 atom stereocenters. The maximum absolute atomic E-state index is 5.47. The molecule has 0 aromatic carbocycles. The van der Waals surface area contributed by atoms with Crippen LogP contribution in [0.15, 0.2) is 0 Å². The Hall–Kier alpha value is -0.0800. The van der Waals surface area contributed by atoms with Gasteiger partial charge >= 0.3 is 0 Å². The van der Waals surface area contributed by atoms with E-state index in [0.29, 0.717) is 11.5 Å². The largest absolute Gasteiger partial charge is 0.381 e. The molecule has 0 aromatic rings. The van der Waals surface area contributed by atoms with Gasteiger partial charge in [-0.05, 0) is 62.7 Å². The van der Waals surface area contributed by atoms with Crippen molar-refractivity contribution < 1.29 is 4.74 Å². The van der Waals surface area contributed by atoms with Crippen molar-refractivity contribution in [2.75, 3.05) is 7.11 Å². The van der Waals surface area contributed by atoms with Crippen LogP contribution in [0.2, 0.25) is 0 Å². The van der Waals surface area contributed by atoms with Gasteiger partial charge in [0.15, 0.2) is 0 Å². The molecule has 0 bridgehead atoms. The second-order valence-corrected chi connectivity index (χ2v) is 7.77. The summed E-state index contributed by atoms with van der Waals surface area (Å²) in [7, 11) is 1.86. The van der Waals surface area contributed by atoms with Crippen molar-refractivity contribution in [1.29, 1.82) is 0 Å². The van der Waals surface area contributed by atoms with Crippen LogP contribution in [0.5, 0.6) is 0 Å². The van der Waals surface area contributed by atoms with E-state index >= 15 is 0 Å². The first kappa shape index (κ1) is 16.3.